The predicted molar refractivity (Wildman–Crippen MR) is 117 cm³/mol. The highest BCUT2D eigenvalue weighted by atomic mass is 79.9. The molecule has 134 valence electrons. The van der Waals surface area contributed by atoms with Gasteiger partial charge >= 0.3 is 0 Å². The lowest BCUT2D eigenvalue weighted by molar-refractivity contribution is 0.864. The van der Waals surface area contributed by atoms with Crippen molar-refractivity contribution in [1.29, 1.82) is 0 Å². The van der Waals surface area contributed by atoms with Gasteiger partial charge < -0.3 is 4.90 Å². The Bertz CT molecular complexity index is 852. The van der Waals surface area contributed by atoms with Gasteiger partial charge in [0.2, 0.25) is 0 Å². The topological polar surface area (TPSA) is 34.0 Å². The highest BCUT2D eigenvalue weighted by molar-refractivity contribution is 9.10. The normalized spacial score (nSPS) is 10.7. The molecular formula is C19H19BrN4S2. The molecule has 1 aromatic carbocycles. The Hall–Kier alpha value is -1.70. The van der Waals surface area contributed by atoms with Crippen LogP contribution in [0.1, 0.15) is 12.0 Å². The van der Waals surface area contributed by atoms with Gasteiger partial charge in [0.25, 0.3) is 0 Å². The summed E-state index contributed by atoms with van der Waals surface area (Å²) in [6.07, 6.45) is 8.49. The van der Waals surface area contributed by atoms with Gasteiger partial charge in [-0.2, -0.15) is 16.9 Å². The lowest BCUT2D eigenvalue weighted by Gasteiger charge is -2.24. The van der Waals surface area contributed by atoms with Crippen molar-refractivity contribution in [1.82, 2.24) is 14.8 Å². The summed E-state index contributed by atoms with van der Waals surface area (Å²) in [5.74, 6) is 0.998. The van der Waals surface area contributed by atoms with Crippen molar-refractivity contribution in [3.8, 4) is 5.69 Å². The van der Waals surface area contributed by atoms with Crippen LogP contribution in [-0.2, 0) is 6.54 Å². The van der Waals surface area contributed by atoms with Crippen LogP contribution in [0.25, 0.3) is 5.69 Å². The molecular weight excluding hydrogens is 428 g/mol. The van der Waals surface area contributed by atoms with Gasteiger partial charge in [0, 0.05) is 19.2 Å². The van der Waals surface area contributed by atoms with E-state index in [1.54, 1.807) is 24.2 Å². The van der Waals surface area contributed by atoms with Gasteiger partial charge in [-0.05, 0) is 45.6 Å². The Morgan fingerprint density at radius 3 is 2.73 bits per heavy atom. The predicted octanol–water partition coefficient (Wildman–Crippen LogP) is 5.12. The monoisotopic (exact) mass is 446 g/mol. The van der Waals surface area contributed by atoms with Gasteiger partial charge in [-0.3, -0.25) is 4.98 Å². The molecule has 2 heterocycles. The van der Waals surface area contributed by atoms with E-state index in [0.717, 1.165) is 33.1 Å². The van der Waals surface area contributed by atoms with E-state index in [1.165, 1.54) is 5.56 Å². The smallest absolute Gasteiger partial charge is 0.152 e. The second kappa shape index (κ2) is 9.30. The fourth-order valence-corrected chi connectivity index (χ4v) is 3.82. The fraction of sp³-hybridized carbons (Fsp3) is 0.211. The van der Waals surface area contributed by atoms with E-state index in [9.17, 15) is 0 Å². The minimum absolute atomic E-state index is 0.714. The van der Waals surface area contributed by atoms with E-state index >= 15 is 0 Å². The first kappa shape index (κ1) is 19.1. The molecule has 0 saturated carbocycles. The summed E-state index contributed by atoms with van der Waals surface area (Å²) in [6.45, 7) is 0.714. The van der Waals surface area contributed by atoms with Gasteiger partial charge in [-0.15, -0.1) is 0 Å². The Kier molecular flexibility index (Phi) is 6.82. The Morgan fingerprint density at radius 2 is 2.04 bits per heavy atom. The molecule has 0 aliphatic heterocycles. The highest BCUT2D eigenvalue weighted by Crippen LogP contribution is 2.29. The van der Waals surface area contributed by atoms with Crippen molar-refractivity contribution in [3.63, 3.8) is 0 Å². The minimum atomic E-state index is 0.714. The van der Waals surface area contributed by atoms with Crippen LogP contribution in [0.2, 0.25) is 0 Å². The maximum absolute atomic E-state index is 5.75. The maximum Gasteiger partial charge on any atom is 0.152 e. The van der Waals surface area contributed by atoms with Crippen molar-refractivity contribution in [3.05, 3.63) is 71.2 Å². The van der Waals surface area contributed by atoms with Crippen molar-refractivity contribution < 1.29 is 0 Å². The van der Waals surface area contributed by atoms with Crippen molar-refractivity contribution in [2.24, 2.45) is 0 Å². The van der Waals surface area contributed by atoms with Crippen LogP contribution in [0.4, 0.5) is 5.69 Å². The van der Waals surface area contributed by atoms with Gasteiger partial charge in [0.05, 0.1) is 28.8 Å². The molecule has 0 aliphatic carbocycles. The highest BCUT2D eigenvalue weighted by Gasteiger charge is 2.19. The molecule has 7 heteroatoms. The Morgan fingerprint density at radius 1 is 1.23 bits per heavy atom. The fourth-order valence-electron chi connectivity index (χ4n) is 2.54. The Balaban J connectivity index is 1.93. The van der Waals surface area contributed by atoms with Gasteiger partial charge in [0.1, 0.15) is 0 Å². The van der Waals surface area contributed by atoms with E-state index in [2.05, 4.69) is 49.3 Å². The van der Waals surface area contributed by atoms with Gasteiger partial charge in [-0.25, -0.2) is 4.68 Å². The number of halogens is 1. The number of nitrogens with zero attached hydrogens (tertiary/aromatic N) is 4. The first-order chi connectivity index (χ1) is 12.7. The molecule has 0 amide bonds. The van der Waals surface area contributed by atoms with E-state index in [-0.39, 0.29) is 0 Å². The van der Waals surface area contributed by atoms with Crippen LogP contribution in [0.3, 0.4) is 0 Å². The molecule has 0 aliphatic rings. The molecule has 0 fully saturated rings. The van der Waals surface area contributed by atoms with Crippen LogP contribution in [0, 0.1) is 0 Å². The van der Waals surface area contributed by atoms with E-state index in [0.29, 0.717) is 6.54 Å². The molecule has 0 atom stereocenters. The largest absolute Gasteiger partial charge is 0.328 e. The van der Waals surface area contributed by atoms with Crippen molar-refractivity contribution >= 4 is 50.6 Å². The number of aromatic nitrogens is 3. The molecule has 0 saturated heterocycles. The number of benzene rings is 1. The number of anilines is 1. The van der Waals surface area contributed by atoms with E-state index in [1.807, 2.05) is 41.2 Å². The summed E-state index contributed by atoms with van der Waals surface area (Å²) >= 11 is 11.2. The second-order valence-corrected chi connectivity index (χ2v) is 7.88. The lowest BCUT2D eigenvalue weighted by Crippen LogP contribution is -2.29. The van der Waals surface area contributed by atoms with Crippen LogP contribution >= 0.6 is 39.9 Å². The third-order valence-electron chi connectivity index (χ3n) is 3.86. The molecule has 2 aromatic heterocycles. The maximum atomic E-state index is 5.75. The summed E-state index contributed by atoms with van der Waals surface area (Å²) in [5, 5.41) is 4.59. The van der Waals surface area contributed by atoms with Crippen LogP contribution in [0.5, 0.6) is 0 Å². The number of rotatable bonds is 7. The average Bonchev–Trinajstić information content (AvgIpc) is 3.07. The number of thiocarbonyl (C=S) groups is 1. The number of thioether (sulfide) groups is 1. The van der Waals surface area contributed by atoms with Crippen molar-refractivity contribution in [2.75, 3.05) is 16.9 Å². The van der Waals surface area contributed by atoms with E-state index in [4.69, 9.17) is 12.2 Å². The molecule has 0 bridgehead atoms. The van der Waals surface area contributed by atoms with Gasteiger partial charge in [0.15, 0.2) is 4.60 Å². The van der Waals surface area contributed by atoms with E-state index < -0.39 is 0 Å². The quantitative estimate of drug-likeness (QED) is 0.470. The molecule has 3 aromatic rings. The Labute approximate surface area is 171 Å². The van der Waals surface area contributed by atoms with Crippen molar-refractivity contribution in [2.45, 2.75) is 13.0 Å². The zero-order chi connectivity index (χ0) is 18.4. The third kappa shape index (κ3) is 4.72. The molecule has 4 nitrogen and oxygen atoms in total. The molecule has 0 spiro atoms. The summed E-state index contributed by atoms with van der Waals surface area (Å²) in [4.78, 5) is 7.24. The standard InChI is InChI=1S/C19H19BrN4S2/c1-26-11-9-18(25)23(13-15-6-3-2-4-7-15)17-14-24(22-19(17)20)16-8-5-10-21-12-16/h2-8,10,12,14H,9,11,13H2,1H3. The molecule has 0 N–H and O–H groups in total. The number of pyridine rings is 1. The second-order valence-electron chi connectivity index (χ2n) is 5.67. The zero-order valence-corrected chi connectivity index (χ0v) is 17.6. The minimum Gasteiger partial charge on any atom is -0.328 e. The first-order valence-corrected chi connectivity index (χ1v) is 10.8. The van der Waals surface area contributed by atoms with Crippen LogP contribution < -0.4 is 4.90 Å². The third-order valence-corrected chi connectivity index (χ3v) is 5.46. The summed E-state index contributed by atoms with van der Waals surface area (Å²) < 4.78 is 2.59. The first-order valence-electron chi connectivity index (χ1n) is 8.18. The van der Waals surface area contributed by atoms with Crippen LogP contribution in [0.15, 0.2) is 65.7 Å². The molecule has 26 heavy (non-hydrogen) atoms. The molecule has 0 radical (unpaired) electrons. The van der Waals surface area contributed by atoms with Crippen LogP contribution in [-0.4, -0.2) is 31.8 Å². The average molecular weight is 447 g/mol. The summed E-state index contributed by atoms with van der Waals surface area (Å²) in [7, 11) is 0. The zero-order valence-electron chi connectivity index (χ0n) is 14.4. The molecule has 0 unspecified atom stereocenters. The summed E-state index contributed by atoms with van der Waals surface area (Å²) in [6, 6.07) is 14.2. The lowest BCUT2D eigenvalue weighted by atomic mass is 10.2. The number of hydrogen-bond donors (Lipinski definition) is 0. The summed E-state index contributed by atoms with van der Waals surface area (Å²) in [5.41, 5.74) is 3.08. The SMILES string of the molecule is CSCCC(=S)N(Cc1ccccc1)c1cn(-c2cccnc2)nc1Br. The number of hydrogen-bond acceptors (Lipinski definition) is 4. The molecule has 3 rings (SSSR count). The van der Waals surface area contributed by atoms with Gasteiger partial charge in [-0.1, -0.05) is 42.5 Å².